The largest absolute Gasteiger partial charge is 0.473 e. The highest BCUT2D eigenvalue weighted by atomic mass is 16.5. The van der Waals surface area contributed by atoms with E-state index in [0.29, 0.717) is 0 Å². The Hall–Kier alpha value is -3.52. The quantitative estimate of drug-likeness (QED) is 0.542. The first kappa shape index (κ1) is 19.8. The van der Waals surface area contributed by atoms with E-state index in [1.165, 1.54) is 22.3 Å². The molecule has 0 aromatic heterocycles. The molecule has 0 N–H and O–H groups in total. The Balaban J connectivity index is 1.74. The third kappa shape index (κ3) is 3.46. The molecule has 0 saturated carbocycles. The van der Waals surface area contributed by atoms with E-state index in [4.69, 9.17) is 4.74 Å². The van der Waals surface area contributed by atoms with Crippen molar-refractivity contribution in [3.63, 3.8) is 0 Å². The first-order chi connectivity index (χ1) is 14.4. The van der Waals surface area contributed by atoms with Gasteiger partial charge in [-0.15, -0.1) is 0 Å². The van der Waals surface area contributed by atoms with Gasteiger partial charge in [0, 0.05) is 23.8 Å². The third-order valence-corrected chi connectivity index (χ3v) is 5.96. The van der Waals surface area contributed by atoms with Crippen molar-refractivity contribution in [1.29, 1.82) is 0 Å². The number of rotatable bonds is 2. The van der Waals surface area contributed by atoms with Crippen molar-refractivity contribution < 1.29 is 4.74 Å². The summed E-state index contributed by atoms with van der Waals surface area (Å²) in [6.07, 6.45) is 13.0. The van der Waals surface area contributed by atoms with Crippen LogP contribution in [0.1, 0.15) is 25.0 Å². The fraction of sp³-hybridized carbons (Fsp3) is 0.143. The first-order valence-corrected chi connectivity index (χ1v) is 10.1. The van der Waals surface area contributed by atoms with Gasteiger partial charge in [0.1, 0.15) is 0 Å². The van der Waals surface area contributed by atoms with Crippen molar-refractivity contribution in [1.82, 2.24) is 0 Å². The number of hydrogen-bond acceptors (Lipinski definition) is 2. The molecule has 0 atom stereocenters. The van der Waals surface area contributed by atoms with E-state index in [2.05, 4.69) is 81.4 Å². The van der Waals surface area contributed by atoms with Crippen molar-refractivity contribution in [2.75, 3.05) is 11.9 Å². The fourth-order valence-electron chi connectivity index (χ4n) is 4.10. The Kier molecular flexibility index (Phi) is 5.09. The molecule has 2 nitrogen and oxygen atoms in total. The number of fused-ring (bicyclic) bond motifs is 3. The molecule has 1 aliphatic heterocycles. The van der Waals surface area contributed by atoms with Gasteiger partial charge in [-0.1, -0.05) is 69.5 Å². The zero-order valence-electron chi connectivity index (χ0n) is 17.9. The Morgan fingerprint density at radius 2 is 1.60 bits per heavy atom. The van der Waals surface area contributed by atoms with Gasteiger partial charge >= 0.3 is 0 Å². The van der Waals surface area contributed by atoms with E-state index in [0.717, 1.165) is 22.5 Å². The van der Waals surface area contributed by atoms with Crippen LogP contribution >= 0.6 is 0 Å². The molecule has 1 aliphatic carbocycles. The van der Waals surface area contributed by atoms with E-state index in [-0.39, 0.29) is 5.41 Å². The maximum absolute atomic E-state index is 5.46. The summed E-state index contributed by atoms with van der Waals surface area (Å²) < 4.78 is 5.46. The fourth-order valence-corrected chi connectivity index (χ4v) is 4.10. The molecule has 4 rings (SSSR count). The first-order valence-electron chi connectivity index (χ1n) is 10.1. The number of hydrogen-bond donors (Lipinski definition) is 0. The number of likely N-dealkylation sites (N-methyl/N-ethyl adjacent to an activating group) is 1. The van der Waals surface area contributed by atoms with Gasteiger partial charge in [0.2, 0.25) is 0 Å². The number of anilines is 1. The summed E-state index contributed by atoms with van der Waals surface area (Å²) >= 11 is 0. The summed E-state index contributed by atoms with van der Waals surface area (Å²) in [5.74, 6) is 0. The number of benzene rings is 2. The molecule has 0 amide bonds. The molecule has 2 aromatic carbocycles. The maximum Gasteiger partial charge on any atom is 0.0922 e. The number of allylic oxidation sites excluding steroid dienone is 7. The monoisotopic (exact) mass is 393 g/mol. The SMILES string of the molecule is C=C1/C=C\C=C/O/C=C\C(N(C)c2ccc3c(c2)C(C)(C)c2ccccc2-3)=C/C1=C. The zero-order chi connectivity index (χ0) is 21.3. The van der Waals surface area contributed by atoms with E-state index in [1.807, 2.05) is 30.4 Å². The van der Waals surface area contributed by atoms with E-state index < -0.39 is 0 Å². The van der Waals surface area contributed by atoms with E-state index >= 15 is 0 Å². The normalized spacial score (nSPS) is 21.9. The second-order valence-electron chi connectivity index (χ2n) is 8.21. The average Bonchev–Trinajstić information content (AvgIpc) is 2.96. The molecule has 2 aromatic rings. The van der Waals surface area contributed by atoms with Crippen LogP contribution in [-0.4, -0.2) is 7.05 Å². The van der Waals surface area contributed by atoms with Crippen LogP contribution in [-0.2, 0) is 10.2 Å². The molecule has 30 heavy (non-hydrogen) atoms. The second-order valence-corrected chi connectivity index (χ2v) is 8.21. The van der Waals surface area contributed by atoms with Crippen molar-refractivity contribution in [2.24, 2.45) is 0 Å². The van der Waals surface area contributed by atoms with E-state index in [1.54, 1.807) is 12.5 Å². The van der Waals surface area contributed by atoms with Crippen molar-refractivity contribution >= 4 is 5.69 Å². The molecule has 0 radical (unpaired) electrons. The maximum atomic E-state index is 5.46. The molecule has 150 valence electrons. The van der Waals surface area contributed by atoms with Crippen LogP contribution in [0.15, 0.2) is 115 Å². The Morgan fingerprint density at radius 3 is 2.43 bits per heavy atom. The van der Waals surface area contributed by atoms with Gasteiger partial charge < -0.3 is 9.64 Å². The van der Waals surface area contributed by atoms with Gasteiger partial charge in [0.05, 0.1) is 12.5 Å². The molecule has 0 unspecified atom stereocenters. The molecule has 0 saturated heterocycles. The summed E-state index contributed by atoms with van der Waals surface area (Å²) in [5, 5.41) is 0. The van der Waals surface area contributed by atoms with Crippen LogP contribution in [0.25, 0.3) is 11.1 Å². The molecule has 0 fully saturated rings. The lowest BCUT2D eigenvalue weighted by Crippen LogP contribution is -2.18. The van der Waals surface area contributed by atoms with Crippen LogP contribution in [0, 0.1) is 0 Å². The number of nitrogens with zero attached hydrogens (tertiary/aromatic N) is 1. The summed E-state index contributed by atoms with van der Waals surface area (Å²) in [5.41, 5.74) is 9.16. The predicted molar refractivity (Wildman–Crippen MR) is 127 cm³/mol. The smallest absolute Gasteiger partial charge is 0.0922 e. The molecule has 0 spiro atoms. The van der Waals surface area contributed by atoms with Crippen molar-refractivity contribution in [3.05, 3.63) is 126 Å². The third-order valence-electron chi connectivity index (χ3n) is 5.96. The van der Waals surface area contributed by atoms with Crippen molar-refractivity contribution in [3.8, 4) is 11.1 Å². The zero-order valence-corrected chi connectivity index (χ0v) is 17.9. The molecular formula is C28H27NO. The van der Waals surface area contributed by atoms with Gasteiger partial charge in [0.25, 0.3) is 0 Å². The second kappa shape index (κ2) is 7.72. The molecule has 1 heterocycles. The highest BCUT2D eigenvalue weighted by molar-refractivity contribution is 5.82. The Labute approximate surface area is 179 Å². The van der Waals surface area contributed by atoms with Crippen molar-refractivity contribution in [2.45, 2.75) is 19.3 Å². The topological polar surface area (TPSA) is 12.5 Å². The minimum absolute atomic E-state index is 0.0299. The van der Waals surface area contributed by atoms with Crippen LogP contribution in [0.5, 0.6) is 0 Å². The summed E-state index contributed by atoms with van der Waals surface area (Å²) in [6.45, 7) is 12.9. The molecule has 2 heteroatoms. The lowest BCUT2D eigenvalue weighted by Gasteiger charge is -2.25. The van der Waals surface area contributed by atoms with Crippen LogP contribution in [0.3, 0.4) is 0 Å². The standard InChI is InChI=1S/C28H27NO/c1-20-10-8-9-16-30-17-15-23(18-21(20)2)29(5)22-13-14-25-24-11-6-7-12-26(24)28(3,4)27(25)19-22/h6-19H,1-2H2,3-5H3/b10-8-,16-9-,17-15-,23-18+. The number of ether oxygens (including phenoxy) is 1. The lowest BCUT2D eigenvalue weighted by molar-refractivity contribution is 0.402. The molecular weight excluding hydrogens is 366 g/mol. The Bertz CT molecular complexity index is 1140. The van der Waals surface area contributed by atoms with Gasteiger partial charge in [-0.25, -0.2) is 0 Å². The van der Waals surface area contributed by atoms with Crippen LogP contribution in [0.4, 0.5) is 5.69 Å². The molecule has 0 bridgehead atoms. The van der Waals surface area contributed by atoms with Gasteiger partial charge in [-0.2, -0.15) is 0 Å². The van der Waals surface area contributed by atoms with Gasteiger partial charge in [-0.3, -0.25) is 0 Å². The van der Waals surface area contributed by atoms with E-state index in [9.17, 15) is 0 Å². The summed E-state index contributed by atoms with van der Waals surface area (Å²) in [7, 11) is 2.06. The van der Waals surface area contributed by atoms with Gasteiger partial charge in [-0.05, 0) is 63.8 Å². The minimum atomic E-state index is -0.0299. The summed E-state index contributed by atoms with van der Waals surface area (Å²) in [6, 6.07) is 15.4. The molecule has 2 aliphatic rings. The average molecular weight is 394 g/mol. The highest BCUT2D eigenvalue weighted by Crippen LogP contribution is 2.49. The summed E-state index contributed by atoms with van der Waals surface area (Å²) in [4.78, 5) is 2.16. The predicted octanol–water partition coefficient (Wildman–Crippen LogP) is 7.04. The van der Waals surface area contributed by atoms with Crippen LogP contribution in [0.2, 0.25) is 0 Å². The Morgan fingerprint density at radius 1 is 0.833 bits per heavy atom. The van der Waals surface area contributed by atoms with Gasteiger partial charge in [0.15, 0.2) is 0 Å². The minimum Gasteiger partial charge on any atom is -0.473 e. The van der Waals surface area contributed by atoms with Crippen LogP contribution < -0.4 is 4.90 Å². The lowest BCUT2D eigenvalue weighted by atomic mass is 9.82. The highest BCUT2D eigenvalue weighted by Gasteiger charge is 2.35.